The van der Waals surface area contributed by atoms with Crippen LogP contribution in [0, 0.1) is 13.8 Å². The largest absolute Gasteiger partial charge is 0.483 e. The Morgan fingerprint density at radius 1 is 1.17 bits per heavy atom. The van der Waals surface area contributed by atoms with Gasteiger partial charge in [-0.2, -0.15) is 0 Å². The van der Waals surface area contributed by atoms with E-state index in [1.54, 1.807) is 0 Å². The number of carbonyl (C=O) groups excluding carboxylic acids is 1. The Morgan fingerprint density at radius 3 is 2.65 bits per heavy atom. The molecule has 0 spiro atoms. The van der Waals surface area contributed by atoms with Crippen LogP contribution in [0.2, 0.25) is 0 Å². The maximum Gasteiger partial charge on any atom is 0.262 e. The smallest absolute Gasteiger partial charge is 0.262 e. The van der Waals surface area contributed by atoms with Gasteiger partial charge in [0, 0.05) is 5.69 Å². The average molecular weight is 311 g/mol. The molecule has 0 fully saturated rings. The van der Waals surface area contributed by atoms with E-state index in [9.17, 15) is 4.79 Å². The van der Waals surface area contributed by atoms with Gasteiger partial charge in [-0.15, -0.1) is 0 Å². The first kappa shape index (κ1) is 17.1. The van der Waals surface area contributed by atoms with E-state index in [1.165, 1.54) is 0 Å². The van der Waals surface area contributed by atoms with Gasteiger partial charge in [0.05, 0.1) is 0 Å². The molecule has 0 aliphatic heterocycles. The summed E-state index contributed by atoms with van der Waals surface area (Å²) in [6.07, 6.45) is 1.03. The SMILES string of the molecule is CC[C@H](C)c1ccccc1NC(=O)COc1cc(C)ccc1C. The molecule has 0 aliphatic carbocycles. The number of benzene rings is 2. The van der Waals surface area contributed by atoms with Crippen LogP contribution in [0.25, 0.3) is 0 Å². The quantitative estimate of drug-likeness (QED) is 0.829. The van der Waals surface area contributed by atoms with Crippen LogP contribution in [0.5, 0.6) is 5.75 Å². The lowest BCUT2D eigenvalue weighted by atomic mass is 9.97. The predicted octanol–water partition coefficient (Wildman–Crippen LogP) is 4.83. The van der Waals surface area contributed by atoms with Crippen LogP contribution in [-0.2, 0) is 4.79 Å². The van der Waals surface area contributed by atoms with Crippen LogP contribution in [0.15, 0.2) is 42.5 Å². The van der Waals surface area contributed by atoms with Gasteiger partial charge >= 0.3 is 0 Å². The van der Waals surface area contributed by atoms with E-state index in [0.29, 0.717) is 5.92 Å². The van der Waals surface area contributed by atoms with Gasteiger partial charge in [0.15, 0.2) is 6.61 Å². The molecule has 2 aromatic rings. The number of aryl methyl sites for hydroxylation is 2. The van der Waals surface area contributed by atoms with E-state index < -0.39 is 0 Å². The fraction of sp³-hybridized carbons (Fsp3) is 0.350. The highest BCUT2D eigenvalue weighted by Crippen LogP contribution is 2.26. The minimum atomic E-state index is -0.137. The first-order chi connectivity index (χ1) is 11.0. The zero-order valence-electron chi connectivity index (χ0n) is 14.3. The molecule has 1 amide bonds. The van der Waals surface area contributed by atoms with Gasteiger partial charge in [-0.05, 0) is 55.0 Å². The van der Waals surface area contributed by atoms with Crippen LogP contribution in [-0.4, -0.2) is 12.5 Å². The Kier molecular flexibility index (Phi) is 5.80. The summed E-state index contributed by atoms with van der Waals surface area (Å²) in [5.74, 6) is 1.03. The normalized spacial score (nSPS) is 11.8. The molecule has 0 bridgehead atoms. The van der Waals surface area contributed by atoms with Crippen LogP contribution in [0.1, 0.15) is 42.9 Å². The summed E-state index contributed by atoms with van der Waals surface area (Å²) < 4.78 is 5.67. The first-order valence-electron chi connectivity index (χ1n) is 8.10. The zero-order chi connectivity index (χ0) is 16.8. The van der Waals surface area contributed by atoms with Crippen molar-refractivity contribution in [3.8, 4) is 5.75 Å². The number of carbonyl (C=O) groups is 1. The van der Waals surface area contributed by atoms with E-state index >= 15 is 0 Å². The second kappa shape index (κ2) is 7.82. The van der Waals surface area contributed by atoms with Crippen molar-refractivity contribution >= 4 is 11.6 Å². The molecule has 1 atom stereocenters. The highest BCUT2D eigenvalue weighted by Gasteiger charge is 2.11. The van der Waals surface area contributed by atoms with Crippen LogP contribution < -0.4 is 10.1 Å². The molecule has 122 valence electrons. The van der Waals surface area contributed by atoms with Gasteiger partial charge in [-0.1, -0.05) is 44.2 Å². The topological polar surface area (TPSA) is 38.3 Å². The maximum absolute atomic E-state index is 12.2. The number of hydrogen-bond donors (Lipinski definition) is 1. The summed E-state index contributed by atoms with van der Waals surface area (Å²) in [4.78, 5) is 12.2. The monoisotopic (exact) mass is 311 g/mol. The number of hydrogen-bond acceptors (Lipinski definition) is 2. The van der Waals surface area contributed by atoms with Crippen LogP contribution in [0.3, 0.4) is 0 Å². The van der Waals surface area contributed by atoms with E-state index in [1.807, 2.05) is 50.2 Å². The Bertz CT molecular complexity index is 679. The highest BCUT2D eigenvalue weighted by atomic mass is 16.5. The van der Waals surface area contributed by atoms with Crippen molar-refractivity contribution < 1.29 is 9.53 Å². The fourth-order valence-corrected chi connectivity index (χ4v) is 2.45. The molecule has 3 heteroatoms. The summed E-state index contributed by atoms with van der Waals surface area (Å²) in [6.45, 7) is 8.31. The van der Waals surface area contributed by atoms with Crippen molar-refractivity contribution in [1.29, 1.82) is 0 Å². The summed E-state index contributed by atoms with van der Waals surface area (Å²) in [5.41, 5.74) is 4.18. The van der Waals surface area contributed by atoms with E-state index in [-0.39, 0.29) is 12.5 Å². The number of amides is 1. The van der Waals surface area contributed by atoms with E-state index in [2.05, 4.69) is 25.2 Å². The molecule has 3 nitrogen and oxygen atoms in total. The standard InChI is InChI=1S/C20H25NO2/c1-5-15(3)17-8-6-7-9-18(17)21-20(22)13-23-19-12-14(2)10-11-16(19)4/h6-12,15H,5,13H2,1-4H3,(H,21,22)/t15-/m0/s1. The van der Waals surface area contributed by atoms with Gasteiger partial charge in [0.1, 0.15) is 5.75 Å². The molecule has 0 saturated carbocycles. The Balaban J connectivity index is 2.02. The van der Waals surface area contributed by atoms with Crippen molar-refractivity contribution in [1.82, 2.24) is 0 Å². The Morgan fingerprint density at radius 2 is 1.91 bits per heavy atom. The van der Waals surface area contributed by atoms with Gasteiger partial charge in [0.2, 0.25) is 0 Å². The minimum absolute atomic E-state index is 0.0130. The predicted molar refractivity (Wildman–Crippen MR) is 95.2 cm³/mol. The number of para-hydroxylation sites is 1. The third kappa shape index (κ3) is 4.59. The number of rotatable bonds is 6. The van der Waals surface area contributed by atoms with Crippen LogP contribution >= 0.6 is 0 Å². The molecular formula is C20H25NO2. The lowest BCUT2D eigenvalue weighted by Crippen LogP contribution is -2.21. The van der Waals surface area contributed by atoms with Crippen LogP contribution in [0.4, 0.5) is 5.69 Å². The molecule has 0 saturated heterocycles. The molecule has 0 unspecified atom stereocenters. The van der Waals surface area contributed by atoms with Gasteiger partial charge in [0.25, 0.3) is 5.91 Å². The maximum atomic E-state index is 12.2. The molecule has 2 aromatic carbocycles. The Hall–Kier alpha value is -2.29. The molecule has 0 aromatic heterocycles. The Labute approximate surface area is 138 Å². The lowest BCUT2D eigenvalue weighted by Gasteiger charge is -2.16. The van der Waals surface area contributed by atoms with E-state index in [4.69, 9.17) is 4.74 Å². The van der Waals surface area contributed by atoms with Crippen molar-refractivity contribution in [3.63, 3.8) is 0 Å². The molecule has 1 N–H and O–H groups in total. The molecule has 0 aliphatic rings. The lowest BCUT2D eigenvalue weighted by molar-refractivity contribution is -0.118. The molecule has 0 heterocycles. The summed E-state index contributed by atoms with van der Waals surface area (Å²) in [5, 5.41) is 2.97. The summed E-state index contributed by atoms with van der Waals surface area (Å²) in [7, 11) is 0. The number of nitrogens with one attached hydrogen (secondary N) is 1. The first-order valence-corrected chi connectivity index (χ1v) is 8.10. The third-order valence-electron chi connectivity index (χ3n) is 4.08. The molecule has 0 radical (unpaired) electrons. The van der Waals surface area contributed by atoms with Crippen molar-refractivity contribution in [3.05, 3.63) is 59.2 Å². The number of ether oxygens (including phenoxy) is 1. The summed E-state index contributed by atoms with van der Waals surface area (Å²) in [6, 6.07) is 13.9. The fourth-order valence-electron chi connectivity index (χ4n) is 2.45. The highest BCUT2D eigenvalue weighted by molar-refractivity contribution is 5.92. The van der Waals surface area contributed by atoms with E-state index in [0.717, 1.165) is 34.5 Å². The van der Waals surface area contributed by atoms with Gasteiger partial charge in [-0.3, -0.25) is 4.79 Å². The second-order valence-corrected chi connectivity index (χ2v) is 6.00. The third-order valence-corrected chi connectivity index (χ3v) is 4.08. The van der Waals surface area contributed by atoms with Crippen molar-refractivity contribution in [2.45, 2.75) is 40.0 Å². The van der Waals surface area contributed by atoms with Gasteiger partial charge < -0.3 is 10.1 Å². The number of anilines is 1. The molecule has 23 heavy (non-hydrogen) atoms. The molecule has 2 rings (SSSR count). The average Bonchev–Trinajstić information content (AvgIpc) is 2.55. The molecular weight excluding hydrogens is 286 g/mol. The minimum Gasteiger partial charge on any atom is -0.483 e. The summed E-state index contributed by atoms with van der Waals surface area (Å²) >= 11 is 0. The van der Waals surface area contributed by atoms with Gasteiger partial charge in [-0.25, -0.2) is 0 Å². The zero-order valence-corrected chi connectivity index (χ0v) is 14.3. The second-order valence-electron chi connectivity index (χ2n) is 6.00. The van der Waals surface area contributed by atoms with Crippen molar-refractivity contribution in [2.24, 2.45) is 0 Å². The van der Waals surface area contributed by atoms with Crippen molar-refractivity contribution in [2.75, 3.05) is 11.9 Å².